The fourth-order valence-electron chi connectivity index (χ4n) is 2.36. The normalized spacial score (nSPS) is 10.8. The fraction of sp³-hybridized carbons (Fsp3) is 0.176. The largest absolute Gasteiger partial charge is 0.495 e. The summed E-state index contributed by atoms with van der Waals surface area (Å²) in [7, 11) is 1.61. The van der Waals surface area contributed by atoms with Gasteiger partial charge in [-0.3, -0.25) is 0 Å². The van der Waals surface area contributed by atoms with Gasteiger partial charge in [0.25, 0.3) is 0 Å². The molecule has 118 valence electrons. The summed E-state index contributed by atoms with van der Waals surface area (Å²) in [6.45, 7) is 3.64. The Labute approximate surface area is 141 Å². The van der Waals surface area contributed by atoms with Crippen molar-refractivity contribution in [3.8, 4) is 5.75 Å². The van der Waals surface area contributed by atoms with E-state index in [4.69, 9.17) is 4.74 Å². The average molecular weight is 376 g/mol. The number of ether oxygens (including phenoxy) is 1. The van der Waals surface area contributed by atoms with Crippen LogP contribution in [-0.2, 0) is 0 Å². The van der Waals surface area contributed by atoms with Crippen LogP contribution in [0.4, 0.5) is 15.9 Å². The van der Waals surface area contributed by atoms with Crippen LogP contribution in [0.25, 0.3) is 10.9 Å². The number of nitrogens with zero attached hydrogens (tertiary/aromatic N) is 2. The van der Waals surface area contributed by atoms with Crippen molar-refractivity contribution in [3.05, 3.63) is 52.0 Å². The first kappa shape index (κ1) is 15.7. The molecule has 1 aromatic heterocycles. The quantitative estimate of drug-likeness (QED) is 0.706. The average Bonchev–Trinajstić information content (AvgIpc) is 2.55. The van der Waals surface area contributed by atoms with Crippen molar-refractivity contribution < 1.29 is 9.13 Å². The number of aromatic nitrogens is 2. The van der Waals surface area contributed by atoms with Crippen molar-refractivity contribution in [1.29, 1.82) is 0 Å². The number of fused-ring (bicyclic) bond motifs is 1. The minimum absolute atomic E-state index is 0.215. The number of nitrogens with one attached hydrogen (secondary N) is 1. The smallest absolute Gasteiger partial charge is 0.141 e. The Balaban J connectivity index is 2.11. The van der Waals surface area contributed by atoms with Gasteiger partial charge in [-0.05, 0) is 59.1 Å². The summed E-state index contributed by atoms with van der Waals surface area (Å²) in [5.74, 6) is 1.15. The minimum atomic E-state index is -0.215. The van der Waals surface area contributed by atoms with Crippen molar-refractivity contribution in [1.82, 2.24) is 9.97 Å². The third-order valence-corrected chi connectivity index (χ3v) is 4.50. The molecule has 2 aromatic carbocycles. The predicted molar refractivity (Wildman–Crippen MR) is 92.9 cm³/mol. The molecule has 0 aliphatic heterocycles. The van der Waals surface area contributed by atoms with Crippen molar-refractivity contribution in [2.45, 2.75) is 13.8 Å². The first-order valence-corrected chi connectivity index (χ1v) is 7.81. The summed E-state index contributed by atoms with van der Waals surface area (Å²) in [5, 5.41) is 4.12. The van der Waals surface area contributed by atoms with Gasteiger partial charge in [-0.1, -0.05) is 0 Å². The van der Waals surface area contributed by atoms with Crippen LogP contribution in [0.1, 0.15) is 11.1 Å². The van der Waals surface area contributed by atoms with Gasteiger partial charge < -0.3 is 10.1 Å². The highest BCUT2D eigenvalue weighted by atomic mass is 79.9. The molecule has 4 nitrogen and oxygen atoms in total. The van der Waals surface area contributed by atoms with Crippen molar-refractivity contribution in [2.24, 2.45) is 0 Å². The van der Waals surface area contributed by atoms with Crippen LogP contribution in [0.3, 0.4) is 0 Å². The van der Waals surface area contributed by atoms with Gasteiger partial charge in [0.15, 0.2) is 0 Å². The monoisotopic (exact) mass is 375 g/mol. The molecule has 0 bridgehead atoms. The molecular formula is C17H15BrFN3O. The number of anilines is 2. The maximum Gasteiger partial charge on any atom is 0.141 e. The number of benzene rings is 2. The SMILES string of the molecule is COc1cc2ncnc(Nc3ccc(F)c(C)c3C)c2cc1Br. The minimum Gasteiger partial charge on any atom is -0.495 e. The molecule has 0 amide bonds. The second kappa shape index (κ2) is 6.12. The topological polar surface area (TPSA) is 47.0 Å². The standard InChI is InChI=1S/C17H15BrFN3O/c1-9-10(2)14(5-4-13(9)19)22-17-11-6-12(18)16(23-3)7-15(11)20-8-21-17/h4-8H,1-3H3,(H,20,21,22). The van der Waals surface area contributed by atoms with Gasteiger partial charge in [-0.25, -0.2) is 14.4 Å². The third-order valence-electron chi connectivity index (χ3n) is 3.88. The van der Waals surface area contributed by atoms with E-state index in [0.29, 0.717) is 17.1 Å². The van der Waals surface area contributed by atoms with Crippen LogP contribution in [-0.4, -0.2) is 17.1 Å². The second-order valence-electron chi connectivity index (χ2n) is 5.20. The predicted octanol–water partition coefficient (Wildman–Crippen LogP) is 4.90. The van der Waals surface area contributed by atoms with Gasteiger partial charge in [0.05, 0.1) is 17.1 Å². The number of rotatable bonds is 3. The zero-order chi connectivity index (χ0) is 16.6. The fourth-order valence-corrected chi connectivity index (χ4v) is 2.87. The lowest BCUT2D eigenvalue weighted by Gasteiger charge is -2.13. The summed E-state index contributed by atoms with van der Waals surface area (Å²) in [6.07, 6.45) is 1.49. The molecule has 1 heterocycles. The van der Waals surface area contributed by atoms with E-state index in [1.54, 1.807) is 20.1 Å². The number of hydrogen-bond donors (Lipinski definition) is 1. The summed E-state index contributed by atoms with van der Waals surface area (Å²) in [6, 6.07) is 6.91. The summed E-state index contributed by atoms with van der Waals surface area (Å²) in [5.41, 5.74) is 3.05. The summed E-state index contributed by atoms with van der Waals surface area (Å²) < 4.78 is 19.7. The Kier molecular flexibility index (Phi) is 4.17. The highest BCUT2D eigenvalue weighted by Gasteiger charge is 2.11. The lowest BCUT2D eigenvalue weighted by molar-refractivity contribution is 0.412. The number of hydrogen-bond acceptors (Lipinski definition) is 4. The molecule has 0 aliphatic rings. The summed E-state index contributed by atoms with van der Waals surface area (Å²) in [4.78, 5) is 8.59. The zero-order valence-corrected chi connectivity index (χ0v) is 14.5. The van der Waals surface area contributed by atoms with Crippen LogP contribution >= 0.6 is 15.9 Å². The van der Waals surface area contributed by atoms with Gasteiger partial charge in [0.1, 0.15) is 23.7 Å². The van der Waals surface area contributed by atoms with E-state index in [1.165, 1.54) is 12.4 Å². The molecule has 3 rings (SSSR count). The first-order valence-electron chi connectivity index (χ1n) is 7.02. The Morgan fingerprint density at radius 2 is 1.91 bits per heavy atom. The van der Waals surface area contributed by atoms with Crippen molar-refractivity contribution >= 4 is 38.3 Å². The van der Waals surface area contributed by atoms with E-state index in [9.17, 15) is 4.39 Å². The van der Waals surface area contributed by atoms with Crippen LogP contribution in [0.5, 0.6) is 5.75 Å². The highest BCUT2D eigenvalue weighted by Crippen LogP contribution is 2.33. The molecule has 0 saturated carbocycles. The Morgan fingerprint density at radius 3 is 2.65 bits per heavy atom. The van der Waals surface area contributed by atoms with Crippen LogP contribution in [0, 0.1) is 19.7 Å². The van der Waals surface area contributed by atoms with E-state index < -0.39 is 0 Å². The zero-order valence-electron chi connectivity index (χ0n) is 12.9. The molecule has 0 atom stereocenters. The van der Waals surface area contributed by atoms with Gasteiger partial charge in [-0.2, -0.15) is 0 Å². The van der Waals surface area contributed by atoms with Crippen LogP contribution in [0.15, 0.2) is 35.1 Å². The van der Waals surface area contributed by atoms with Crippen molar-refractivity contribution in [3.63, 3.8) is 0 Å². The molecule has 23 heavy (non-hydrogen) atoms. The highest BCUT2D eigenvalue weighted by molar-refractivity contribution is 9.10. The Hall–Kier alpha value is -2.21. The third kappa shape index (κ3) is 2.86. The molecule has 0 fully saturated rings. The molecule has 1 N–H and O–H groups in total. The Morgan fingerprint density at radius 1 is 1.13 bits per heavy atom. The van der Waals surface area contributed by atoms with Crippen LogP contribution in [0.2, 0.25) is 0 Å². The molecule has 0 radical (unpaired) electrons. The van der Waals surface area contributed by atoms with E-state index in [1.807, 2.05) is 19.1 Å². The van der Waals surface area contributed by atoms with Crippen LogP contribution < -0.4 is 10.1 Å². The van der Waals surface area contributed by atoms with E-state index in [2.05, 4.69) is 31.2 Å². The van der Waals surface area contributed by atoms with Gasteiger partial charge in [-0.15, -0.1) is 0 Å². The van der Waals surface area contributed by atoms with Gasteiger partial charge >= 0.3 is 0 Å². The number of methoxy groups -OCH3 is 1. The lowest BCUT2D eigenvalue weighted by Crippen LogP contribution is -2.00. The molecule has 0 spiro atoms. The Bertz CT molecular complexity index is 899. The first-order chi connectivity index (χ1) is 11.0. The van der Waals surface area contributed by atoms with E-state index in [-0.39, 0.29) is 5.82 Å². The van der Waals surface area contributed by atoms with E-state index in [0.717, 1.165) is 26.6 Å². The molecule has 6 heteroatoms. The molecule has 0 aliphatic carbocycles. The molecule has 0 unspecified atom stereocenters. The summed E-state index contributed by atoms with van der Waals surface area (Å²) >= 11 is 3.47. The maximum absolute atomic E-state index is 13.6. The second-order valence-corrected chi connectivity index (χ2v) is 6.05. The van der Waals surface area contributed by atoms with Crippen molar-refractivity contribution in [2.75, 3.05) is 12.4 Å². The van der Waals surface area contributed by atoms with Gasteiger partial charge in [0.2, 0.25) is 0 Å². The number of halogens is 2. The van der Waals surface area contributed by atoms with Gasteiger partial charge in [0, 0.05) is 17.1 Å². The lowest BCUT2D eigenvalue weighted by atomic mass is 10.1. The molecule has 0 saturated heterocycles. The van der Waals surface area contributed by atoms with E-state index >= 15 is 0 Å². The molecule has 3 aromatic rings. The maximum atomic E-state index is 13.6. The molecular weight excluding hydrogens is 361 g/mol.